The monoisotopic (exact) mass is 769 g/mol. The van der Waals surface area contributed by atoms with Crippen molar-refractivity contribution >= 4 is 80.9 Å². The molecule has 11 aromatic rings. The molecule has 0 saturated carbocycles. The van der Waals surface area contributed by atoms with Gasteiger partial charge in [0.05, 0.1) is 0 Å². The molecule has 0 radical (unpaired) electrons. The van der Waals surface area contributed by atoms with E-state index in [0.717, 1.165) is 17.1 Å². The minimum absolute atomic E-state index is 0.116. The molecular formula is C57H39NS. The van der Waals surface area contributed by atoms with Crippen LogP contribution in [0.2, 0.25) is 0 Å². The Kier molecular flexibility index (Phi) is 7.51. The minimum Gasteiger partial charge on any atom is -0.310 e. The molecule has 1 aliphatic rings. The first-order chi connectivity index (χ1) is 29.0. The highest BCUT2D eigenvalue weighted by molar-refractivity contribution is 7.25. The second-order valence-corrected chi connectivity index (χ2v) is 17.5. The van der Waals surface area contributed by atoms with Crippen molar-refractivity contribution in [3.8, 4) is 33.4 Å². The van der Waals surface area contributed by atoms with Gasteiger partial charge in [0, 0.05) is 42.6 Å². The normalized spacial score (nSPS) is 13.1. The molecule has 1 aliphatic carbocycles. The fourth-order valence-corrected chi connectivity index (χ4v) is 11.1. The average Bonchev–Trinajstić information content (AvgIpc) is 3.77. The van der Waals surface area contributed by atoms with Crippen LogP contribution in [0.25, 0.3) is 85.9 Å². The van der Waals surface area contributed by atoms with E-state index in [-0.39, 0.29) is 5.41 Å². The molecule has 0 saturated heterocycles. The number of hydrogen-bond donors (Lipinski definition) is 0. The summed E-state index contributed by atoms with van der Waals surface area (Å²) in [5.41, 5.74) is 13.6. The maximum atomic E-state index is 2.46. The zero-order valence-electron chi connectivity index (χ0n) is 32.9. The van der Waals surface area contributed by atoms with Crippen LogP contribution < -0.4 is 4.90 Å². The van der Waals surface area contributed by atoms with Crippen molar-refractivity contribution in [1.29, 1.82) is 0 Å². The van der Waals surface area contributed by atoms with Gasteiger partial charge < -0.3 is 4.90 Å². The second kappa shape index (κ2) is 13.0. The summed E-state index contributed by atoms with van der Waals surface area (Å²) < 4.78 is 2.63. The number of thiophene rings is 1. The Balaban J connectivity index is 1.06. The maximum absolute atomic E-state index is 2.46. The Morgan fingerprint density at radius 2 is 0.847 bits per heavy atom. The van der Waals surface area contributed by atoms with Crippen LogP contribution in [0.3, 0.4) is 0 Å². The summed E-state index contributed by atoms with van der Waals surface area (Å²) in [7, 11) is 0. The third-order valence-corrected chi connectivity index (χ3v) is 14.0. The van der Waals surface area contributed by atoms with E-state index in [9.17, 15) is 0 Å². The highest BCUT2D eigenvalue weighted by Gasteiger charge is 2.35. The van der Waals surface area contributed by atoms with E-state index in [4.69, 9.17) is 0 Å². The Morgan fingerprint density at radius 3 is 1.59 bits per heavy atom. The number of fused-ring (bicyclic) bond motifs is 12. The molecule has 0 spiro atoms. The lowest BCUT2D eigenvalue weighted by molar-refractivity contribution is 0.660. The molecule has 0 unspecified atom stereocenters. The lowest BCUT2D eigenvalue weighted by atomic mass is 9.82. The Morgan fingerprint density at radius 1 is 0.322 bits per heavy atom. The first-order valence-corrected chi connectivity index (χ1v) is 21.3. The molecule has 0 bridgehead atoms. The molecule has 0 aliphatic heterocycles. The minimum atomic E-state index is -0.116. The van der Waals surface area contributed by atoms with Gasteiger partial charge in [-0.2, -0.15) is 0 Å². The maximum Gasteiger partial charge on any atom is 0.0468 e. The average molecular weight is 770 g/mol. The summed E-state index contributed by atoms with van der Waals surface area (Å²) in [5.74, 6) is 0. The lowest BCUT2D eigenvalue weighted by Gasteiger charge is -2.29. The molecule has 59 heavy (non-hydrogen) atoms. The number of anilines is 3. The first-order valence-electron chi connectivity index (χ1n) is 20.5. The van der Waals surface area contributed by atoms with Crippen LogP contribution in [-0.2, 0) is 5.41 Å². The van der Waals surface area contributed by atoms with E-state index in [1.165, 1.54) is 97.0 Å². The molecule has 1 aromatic heterocycles. The van der Waals surface area contributed by atoms with Crippen molar-refractivity contribution in [1.82, 2.24) is 0 Å². The van der Waals surface area contributed by atoms with Crippen molar-refractivity contribution in [2.75, 3.05) is 4.90 Å². The summed E-state index contributed by atoms with van der Waals surface area (Å²) in [5, 5.41) is 10.3. The third-order valence-electron chi connectivity index (χ3n) is 12.8. The Labute approximate surface area is 348 Å². The van der Waals surface area contributed by atoms with Crippen LogP contribution in [0.4, 0.5) is 17.1 Å². The van der Waals surface area contributed by atoms with Gasteiger partial charge in [-0.1, -0.05) is 159 Å². The second-order valence-electron chi connectivity index (χ2n) is 16.5. The lowest BCUT2D eigenvalue weighted by Crippen LogP contribution is -2.16. The molecule has 0 amide bonds. The zero-order valence-corrected chi connectivity index (χ0v) is 33.7. The molecule has 12 rings (SSSR count). The SMILES string of the molecule is CC1(C)c2ccccc2-c2ccc(N(c3ccc(-c4cc5sc6ccccc6c5cc4-c4ccccc4)cc3)c3ccc4c5ccccc5c5ccccc5c4c3)cc21. The fraction of sp³-hybridized carbons (Fsp3) is 0.0526. The zero-order chi connectivity index (χ0) is 39.2. The molecule has 0 N–H and O–H groups in total. The fourth-order valence-electron chi connectivity index (χ4n) is 9.97. The number of hydrogen-bond acceptors (Lipinski definition) is 2. The van der Waals surface area contributed by atoms with Gasteiger partial charge in [0.15, 0.2) is 0 Å². The number of benzene rings is 10. The van der Waals surface area contributed by atoms with Crippen LogP contribution >= 0.6 is 11.3 Å². The smallest absolute Gasteiger partial charge is 0.0468 e. The predicted octanol–water partition coefficient (Wildman–Crippen LogP) is 16.6. The van der Waals surface area contributed by atoms with Crippen molar-refractivity contribution in [2.45, 2.75) is 19.3 Å². The van der Waals surface area contributed by atoms with Crippen LogP contribution in [0.5, 0.6) is 0 Å². The van der Waals surface area contributed by atoms with Crippen LogP contribution in [0, 0.1) is 0 Å². The summed E-state index contributed by atoms with van der Waals surface area (Å²) in [6.07, 6.45) is 0. The van der Waals surface area contributed by atoms with E-state index >= 15 is 0 Å². The van der Waals surface area contributed by atoms with Crippen LogP contribution in [0.1, 0.15) is 25.0 Å². The molecule has 0 fully saturated rings. The van der Waals surface area contributed by atoms with Gasteiger partial charge in [-0.3, -0.25) is 0 Å². The summed E-state index contributed by atoms with van der Waals surface area (Å²) >= 11 is 1.88. The summed E-state index contributed by atoms with van der Waals surface area (Å²) in [6, 6.07) is 74.5. The molecule has 0 atom stereocenters. The molecule has 10 aromatic carbocycles. The summed E-state index contributed by atoms with van der Waals surface area (Å²) in [4.78, 5) is 2.46. The van der Waals surface area contributed by atoms with Crippen molar-refractivity contribution in [3.05, 3.63) is 211 Å². The van der Waals surface area contributed by atoms with E-state index < -0.39 is 0 Å². The van der Waals surface area contributed by atoms with Gasteiger partial charge in [-0.25, -0.2) is 0 Å². The topological polar surface area (TPSA) is 3.24 Å². The highest BCUT2D eigenvalue weighted by atomic mass is 32.1. The largest absolute Gasteiger partial charge is 0.310 e. The summed E-state index contributed by atoms with van der Waals surface area (Å²) in [6.45, 7) is 4.73. The number of nitrogens with zero attached hydrogens (tertiary/aromatic N) is 1. The van der Waals surface area contributed by atoms with Gasteiger partial charge in [-0.05, 0) is 131 Å². The van der Waals surface area contributed by atoms with Gasteiger partial charge in [-0.15, -0.1) is 11.3 Å². The Bertz CT molecular complexity index is 3430. The third kappa shape index (κ3) is 5.23. The highest BCUT2D eigenvalue weighted by Crippen LogP contribution is 2.51. The molecule has 1 heterocycles. The van der Waals surface area contributed by atoms with E-state index in [2.05, 4.69) is 219 Å². The van der Waals surface area contributed by atoms with Crippen LogP contribution in [0.15, 0.2) is 200 Å². The van der Waals surface area contributed by atoms with Crippen molar-refractivity contribution in [3.63, 3.8) is 0 Å². The van der Waals surface area contributed by atoms with E-state index in [1.54, 1.807) is 0 Å². The van der Waals surface area contributed by atoms with Crippen LogP contribution in [-0.4, -0.2) is 0 Å². The van der Waals surface area contributed by atoms with E-state index in [1.807, 2.05) is 11.3 Å². The van der Waals surface area contributed by atoms with Crippen molar-refractivity contribution < 1.29 is 0 Å². The first kappa shape index (κ1) is 34.1. The van der Waals surface area contributed by atoms with Gasteiger partial charge in [0.25, 0.3) is 0 Å². The predicted molar refractivity (Wildman–Crippen MR) is 255 cm³/mol. The molecule has 2 heteroatoms. The molecular weight excluding hydrogens is 731 g/mol. The molecule has 1 nitrogen and oxygen atoms in total. The molecule has 278 valence electrons. The van der Waals surface area contributed by atoms with Gasteiger partial charge >= 0.3 is 0 Å². The van der Waals surface area contributed by atoms with Crippen molar-refractivity contribution in [2.24, 2.45) is 0 Å². The van der Waals surface area contributed by atoms with Gasteiger partial charge in [0.1, 0.15) is 0 Å². The Hall–Kier alpha value is -7.00. The van der Waals surface area contributed by atoms with Gasteiger partial charge in [0.2, 0.25) is 0 Å². The standard InChI is InChI=1S/C57H39NS/c1-57(2)53-22-12-10-20-46(53)47-31-29-40(33-54(47)57)58(39-28-30-45-43-18-7-6-16-41(43)42-17-8-9-19-44(42)51(45)32-39)38-26-24-37(25-27-38)50-35-56-52(48-21-11-13-23-55(48)59-56)34-49(50)36-14-4-3-5-15-36/h3-35H,1-2H3. The quantitative estimate of drug-likeness (QED) is 0.158. The number of rotatable bonds is 5. The van der Waals surface area contributed by atoms with E-state index in [0.29, 0.717) is 0 Å².